The molecule has 1 N–H and O–H groups in total. The molecule has 0 aromatic heterocycles. The molecule has 0 aliphatic rings. The monoisotopic (exact) mass is 319 g/mol. The summed E-state index contributed by atoms with van der Waals surface area (Å²) < 4.78 is 20.6. The van der Waals surface area contributed by atoms with Gasteiger partial charge in [0, 0.05) is 6.54 Å². The van der Waals surface area contributed by atoms with E-state index in [-0.39, 0.29) is 18.5 Å². The van der Waals surface area contributed by atoms with E-state index in [0.717, 1.165) is 0 Å². The normalized spacial score (nSPS) is 11.4. The average Bonchev–Trinajstić information content (AvgIpc) is 2.33. The highest BCUT2D eigenvalue weighted by Crippen LogP contribution is 2.05. The van der Waals surface area contributed by atoms with Crippen LogP contribution < -0.4 is 5.32 Å². The molecule has 0 saturated heterocycles. The molecule has 0 radical (unpaired) electrons. The summed E-state index contributed by atoms with van der Waals surface area (Å²) in [6, 6.07) is 0. The van der Waals surface area contributed by atoms with Crippen LogP contribution in [0.5, 0.6) is 0 Å². The summed E-state index contributed by atoms with van der Waals surface area (Å²) in [5.74, 6) is -0.266. The summed E-state index contributed by atoms with van der Waals surface area (Å²) >= 11 is 0. The number of esters is 1. The summed E-state index contributed by atoms with van der Waals surface area (Å²) in [6.07, 6.45) is -0.331. The van der Waals surface area contributed by atoms with Gasteiger partial charge in [-0.15, -0.1) is 0 Å². The van der Waals surface area contributed by atoms with E-state index in [2.05, 4.69) is 5.32 Å². The predicted octanol–water partition coefficient (Wildman–Crippen LogP) is 1.89. The maximum atomic E-state index is 11.3. The van der Waals surface area contributed by atoms with Gasteiger partial charge in [0.1, 0.15) is 5.60 Å². The predicted molar refractivity (Wildman–Crippen MR) is 81.7 cm³/mol. The summed E-state index contributed by atoms with van der Waals surface area (Å²) in [7, 11) is 0. The molecule has 0 aliphatic heterocycles. The van der Waals surface area contributed by atoms with Crippen LogP contribution in [0.4, 0.5) is 4.79 Å². The molecule has 130 valence electrons. The molecule has 0 saturated carbocycles. The van der Waals surface area contributed by atoms with Gasteiger partial charge < -0.3 is 24.3 Å². The van der Waals surface area contributed by atoms with E-state index >= 15 is 0 Å². The van der Waals surface area contributed by atoms with E-state index in [0.29, 0.717) is 33.0 Å². The smallest absolute Gasteiger partial charge is 0.407 e. The minimum Gasteiger partial charge on any atom is -0.463 e. The molecule has 0 spiro atoms. The van der Waals surface area contributed by atoms with E-state index in [1.807, 2.05) is 0 Å². The van der Waals surface area contributed by atoms with Crippen LogP contribution in [-0.2, 0) is 23.7 Å². The lowest BCUT2D eigenvalue weighted by Crippen LogP contribution is -2.34. The molecule has 0 rings (SSSR count). The second-order valence-electron chi connectivity index (χ2n) is 5.94. The van der Waals surface area contributed by atoms with Gasteiger partial charge in [-0.05, 0) is 34.6 Å². The zero-order valence-electron chi connectivity index (χ0n) is 14.3. The molecule has 0 fully saturated rings. The number of ether oxygens (including phenoxy) is 4. The van der Waals surface area contributed by atoms with E-state index in [1.165, 1.54) is 0 Å². The molecule has 0 unspecified atom stereocenters. The Morgan fingerprint density at radius 1 is 1.00 bits per heavy atom. The first-order valence-electron chi connectivity index (χ1n) is 7.52. The molecule has 0 aromatic rings. The minimum atomic E-state index is -0.504. The molecule has 22 heavy (non-hydrogen) atoms. The number of hydrogen-bond acceptors (Lipinski definition) is 6. The highest BCUT2D eigenvalue weighted by molar-refractivity contribution is 5.69. The fraction of sp³-hybridized carbons (Fsp3) is 0.867. The van der Waals surface area contributed by atoms with Crippen molar-refractivity contribution >= 4 is 12.1 Å². The van der Waals surface area contributed by atoms with Crippen LogP contribution in [0.15, 0.2) is 0 Å². The van der Waals surface area contributed by atoms with Gasteiger partial charge in [0.2, 0.25) is 0 Å². The third kappa shape index (κ3) is 15.1. The van der Waals surface area contributed by atoms with Crippen molar-refractivity contribution in [3.05, 3.63) is 0 Å². The first kappa shape index (κ1) is 20.7. The number of carbonyl (C=O) groups is 2. The van der Waals surface area contributed by atoms with Crippen LogP contribution in [-0.4, -0.2) is 56.7 Å². The van der Waals surface area contributed by atoms with Gasteiger partial charge in [-0.3, -0.25) is 4.79 Å². The number of carbonyl (C=O) groups excluding carboxylic acids is 2. The maximum absolute atomic E-state index is 11.3. The van der Waals surface area contributed by atoms with Crippen molar-refractivity contribution in [2.24, 2.45) is 0 Å². The highest BCUT2D eigenvalue weighted by atomic mass is 16.6. The van der Waals surface area contributed by atoms with Gasteiger partial charge in [0.05, 0.1) is 39.0 Å². The second kappa shape index (κ2) is 11.3. The highest BCUT2D eigenvalue weighted by Gasteiger charge is 2.15. The molecule has 0 heterocycles. The summed E-state index contributed by atoms with van der Waals surface area (Å²) in [6.45, 7) is 10.9. The van der Waals surface area contributed by atoms with Crippen LogP contribution in [0.3, 0.4) is 0 Å². The molecule has 0 atom stereocenters. The minimum absolute atomic E-state index is 0.103. The van der Waals surface area contributed by atoms with Crippen molar-refractivity contribution in [3.8, 4) is 0 Å². The van der Waals surface area contributed by atoms with E-state index in [4.69, 9.17) is 18.9 Å². The Hall–Kier alpha value is -1.34. The Kier molecular flexibility index (Phi) is 10.6. The Morgan fingerprint density at radius 2 is 1.59 bits per heavy atom. The molecule has 0 aromatic carbocycles. The van der Waals surface area contributed by atoms with Crippen LogP contribution in [0.25, 0.3) is 0 Å². The number of amides is 1. The lowest BCUT2D eigenvalue weighted by Gasteiger charge is -2.19. The van der Waals surface area contributed by atoms with Crippen LogP contribution in [0, 0.1) is 0 Å². The summed E-state index contributed by atoms with van der Waals surface area (Å²) in [5.41, 5.74) is -0.504. The van der Waals surface area contributed by atoms with E-state index in [1.54, 1.807) is 34.6 Å². The van der Waals surface area contributed by atoms with Crippen molar-refractivity contribution in [3.63, 3.8) is 0 Å². The summed E-state index contributed by atoms with van der Waals surface area (Å²) in [4.78, 5) is 22.5. The van der Waals surface area contributed by atoms with Crippen LogP contribution >= 0.6 is 0 Å². The largest absolute Gasteiger partial charge is 0.463 e. The Labute approximate surface area is 132 Å². The molecule has 7 heteroatoms. The topological polar surface area (TPSA) is 83.1 Å². The van der Waals surface area contributed by atoms with E-state index in [9.17, 15) is 9.59 Å². The first-order valence-corrected chi connectivity index (χ1v) is 7.52. The van der Waals surface area contributed by atoms with Gasteiger partial charge in [0.25, 0.3) is 0 Å². The maximum Gasteiger partial charge on any atom is 0.407 e. The zero-order valence-corrected chi connectivity index (χ0v) is 14.3. The lowest BCUT2D eigenvalue weighted by atomic mass is 10.2. The van der Waals surface area contributed by atoms with Crippen molar-refractivity contribution in [1.29, 1.82) is 0 Å². The van der Waals surface area contributed by atoms with E-state index < -0.39 is 11.7 Å². The van der Waals surface area contributed by atoms with Gasteiger partial charge in [-0.2, -0.15) is 0 Å². The molecule has 7 nitrogen and oxygen atoms in total. The standard InChI is InChI=1S/C15H29NO6/c1-12(2)21-13(17)6-8-19-10-11-20-9-7-16-14(18)22-15(3,4)5/h12H,6-11H2,1-5H3,(H,16,18). The Morgan fingerprint density at radius 3 is 2.14 bits per heavy atom. The molecule has 0 bridgehead atoms. The van der Waals surface area contributed by atoms with Gasteiger partial charge in [-0.25, -0.2) is 4.79 Å². The van der Waals surface area contributed by atoms with Crippen LogP contribution in [0.1, 0.15) is 41.0 Å². The quantitative estimate of drug-likeness (QED) is 0.489. The number of alkyl carbamates (subject to hydrolysis) is 1. The lowest BCUT2D eigenvalue weighted by molar-refractivity contribution is -0.148. The molecule has 1 amide bonds. The second-order valence-corrected chi connectivity index (χ2v) is 5.94. The van der Waals surface area contributed by atoms with Crippen molar-refractivity contribution in [2.75, 3.05) is 33.0 Å². The third-order valence-electron chi connectivity index (χ3n) is 2.10. The van der Waals surface area contributed by atoms with Gasteiger partial charge in [-0.1, -0.05) is 0 Å². The number of nitrogens with one attached hydrogen (secondary N) is 1. The van der Waals surface area contributed by atoms with Crippen molar-refractivity contribution in [2.45, 2.75) is 52.7 Å². The van der Waals surface area contributed by atoms with Crippen molar-refractivity contribution < 1.29 is 28.5 Å². The van der Waals surface area contributed by atoms with Crippen LogP contribution in [0.2, 0.25) is 0 Å². The fourth-order valence-electron chi connectivity index (χ4n) is 1.34. The third-order valence-corrected chi connectivity index (χ3v) is 2.10. The molecular formula is C15H29NO6. The zero-order chi connectivity index (χ0) is 17.0. The summed E-state index contributed by atoms with van der Waals surface area (Å²) in [5, 5.41) is 2.59. The van der Waals surface area contributed by atoms with Gasteiger partial charge >= 0.3 is 12.1 Å². The molecular weight excluding hydrogens is 290 g/mol. The average molecular weight is 319 g/mol. The van der Waals surface area contributed by atoms with Crippen molar-refractivity contribution in [1.82, 2.24) is 5.32 Å². The molecule has 0 aliphatic carbocycles. The Bertz CT molecular complexity index is 324. The fourth-order valence-corrected chi connectivity index (χ4v) is 1.34. The SMILES string of the molecule is CC(C)OC(=O)CCOCCOCCNC(=O)OC(C)(C)C. The Balaban J connectivity index is 3.34. The van der Waals surface area contributed by atoms with Gasteiger partial charge in [0.15, 0.2) is 0 Å². The number of rotatable bonds is 10. The number of hydrogen-bond donors (Lipinski definition) is 1. The first-order chi connectivity index (χ1) is 10.2.